The Morgan fingerprint density at radius 2 is 1.98 bits per heavy atom. The molecule has 242 valence electrons. The van der Waals surface area contributed by atoms with Crippen LogP contribution in [-0.2, 0) is 23.9 Å². The van der Waals surface area contributed by atoms with Gasteiger partial charge in [0.25, 0.3) is 0 Å². The molecule has 2 aliphatic heterocycles. The number of rotatable bonds is 11. The SMILES string of the molecule is C=CC(=O)N1CCN(c2nc(OCC3(CN(CC)CC)CC3)nc3c2CCN(c2cccc(Cl)c2C(F)(F)F)C3)CC1CC#N. The van der Waals surface area contributed by atoms with Crippen LogP contribution in [0.3, 0.4) is 0 Å². The molecular formula is C32H39ClF3N7O2. The van der Waals surface area contributed by atoms with E-state index >= 15 is 0 Å². The largest absolute Gasteiger partial charge is 0.463 e. The molecule has 1 aliphatic carbocycles. The Morgan fingerprint density at radius 1 is 1.22 bits per heavy atom. The smallest absolute Gasteiger partial charge is 0.419 e. The second-order valence-corrected chi connectivity index (χ2v) is 12.4. The summed E-state index contributed by atoms with van der Waals surface area (Å²) in [6.45, 7) is 12.7. The average Bonchev–Trinajstić information content (AvgIpc) is 3.80. The molecule has 1 saturated carbocycles. The molecule has 1 aromatic heterocycles. The number of anilines is 2. The molecule has 2 fully saturated rings. The molecule has 1 saturated heterocycles. The van der Waals surface area contributed by atoms with E-state index in [4.69, 9.17) is 26.3 Å². The number of ether oxygens (including phenoxy) is 1. The zero-order chi connectivity index (χ0) is 32.4. The van der Waals surface area contributed by atoms with Gasteiger partial charge in [0, 0.05) is 43.7 Å². The minimum Gasteiger partial charge on any atom is -0.463 e. The Labute approximate surface area is 267 Å². The summed E-state index contributed by atoms with van der Waals surface area (Å²) >= 11 is 6.06. The number of amides is 1. The van der Waals surface area contributed by atoms with Crippen molar-refractivity contribution in [1.82, 2.24) is 19.8 Å². The number of hydrogen-bond donors (Lipinski definition) is 0. The first-order chi connectivity index (χ1) is 21.5. The van der Waals surface area contributed by atoms with Gasteiger partial charge in [-0.15, -0.1) is 0 Å². The third kappa shape index (κ3) is 7.15. The van der Waals surface area contributed by atoms with Gasteiger partial charge < -0.3 is 24.3 Å². The zero-order valence-corrected chi connectivity index (χ0v) is 26.5. The van der Waals surface area contributed by atoms with Crippen molar-refractivity contribution < 1.29 is 22.7 Å². The number of nitrogens with zero attached hydrogens (tertiary/aromatic N) is 7. The van der Waals surface area contributed by atoms with E-state index in [1.54, 1.807) is 9.80 Å². The second-order valence-electron chi connectivity index (χ2n) is 12.0. The number of carbonyl (C=O) groups is 1. The summed E-state index contributed by atoms with van der Waals surface area (Å²) < 4.78 is 48.5. The predicted molar refractivity (Wildman–Crippen MR) is 166 cm³/mol. The van der Waals surface area contributed by atoms with E-state index in [2.05, 4.69) is 31.4 Å². The summed E-state index contributed by atoms with van der Waals surface area (Å²) in [5.41, 5.74) is 0.580. The van der Waals surface area contributed by atoms with Crippen LogP contribution in [0.2, 0.25) is 5.02 Å². The number of fused-ring (bicyclic) bond motifs is 1. The molecule has 9 nitrogen and oxygen atoms in total. The van der Waals surface area contributed by atoms with Crippen molar-refractivity contribution in [2.45, 2.75) is 58.3 Å². The fourth-order valence-corrected chi connectivity index (χ4v) is 6.65. The number of halogens is 4. The van der Waals surface area contributed by atoms with E-state index in [9.17, 15) is 23.2 Å². The van der Waals surface area contributed by atoms with Crippen molar-refractivity contribution in [3.8, 4) is 12.1 Å². The topological polar surface area (TPSA) is 88.8 Å². The van der Waals surface area contributed by atoms with E-state index < -0.39 is 11.7 Å². The van der Waals surface area contributed by atoms with Crippen LogP contribution in [0, 0.1) is 16.7 Å². The normalized spacial score (nSPS) is 19.2. The van der Waals surface area contributed by atoms with E-state index in [1.807, 2.05) is 4.90 Å². The highest BCUT2D eigenvalue weighted by Crippen LogP contribution is 2.47. The predicted octanol–water partition coefficient (Wildman–Crippen LogP) is 5.33. The van der Waals surface area contributed by atoms with E-state index in [1.165, 1.54) is 24.3 Å². The van der Waals surface area contributed by atoms with Gasteiger partial charge in [0.05, 0.1) is 53.7 Å². The van der Waals surface area contributed by atoms with Crippen molar-refractivity contribution in [3.63, 3.8) is 0 Å². The highest BCUT2D eigenvalue weighted by molar-refractivity contribution is 6.31. The van der Waals surface area contributed by atoms with E-state index in [0.29, 0.717) is 50.7 Å². The lowest BCUT2D eigenvalue weighted by atomic mass is 10.0. The van der Waals surface area contributed by atoms with Gasteiger partial charge in [-0.2, -0.15) is 28.4 Å². The highest BCUT2D eigenvalue weighted by atomic mass is 35.5. The van der Waals surface area contributed by atoms with Crippen LogP contribution in [0.25, 0.3) is 0 Å². The molecule has 3 aliphatic rings. The van der Waals surface area contributed by atoms with Crippen molar-refractivity contribution in [2.75, 3.05) is 62.2 Å². The van der Waals surface area contributed by atoms with Crippen LogP contribution in [0.5, 0.6) is 6.01 Å². The lowest BCUT2D eigenvalue weighted by Crippen LogP contribution is -2.55. The summed E-state index contributed by atoms with van der Waals surface area (Å²) in [5.74, 6) is 0.406. The quantitative estimate of drug-likeness (QED) is 0.303. The van der Waals surface area contributed by atoms with Crippen molar-refractivity contribution in [1.29, 1.82) is 5.26 Å². The van der Waals surface area contributed by atoms with Gasteiger partial charge in [-0.05, 0) is 50.6 Å². The second kappa shape index (κ2) is 13.4. The number of benzene rings is 1. The van der Waals surface area contributed by atoms with Crippen LogP contribution in [0.15, 0.2) is 30.9 Å². The maximum Gasteiger partial charge on any atom is 0.419 e. The Bertz CT molecular complexity index is 1460. The lowest BCUT2D eigenvalue weighted by Gasteiger charge is -2.42. The number of carbonyl (C=O) groups excluding carboxylic acids is 1. The molecule has 0 spiro atoms. The first-order valence-corrected chi connectivity index (χ1v) is 15.8. The summed E-state index contributed by atoms with van der Waals surface area (Å²) in [6, 6.07) is 6.20. The third-order valence-corrected chi connectivity index (χ3v) is 9.44. The van der Waals surface area contributed by atoms with Crippen LogP contribution in [0.1, 0.15) is 49.9 Å². The molecular weight excluding hydrogens is 607 g/mol. The molecule has 2 aromatic rings. The number of alkyl halides is 3. The third-order valence-electron chi connectivity index (χ3n) is 9.12. The molecule has 0 radical (unpaired) electrons. The molecule has 0 N–H and O–H groups in total. The standard InChI is InChI=1S/C32H39ClF3N7O2/c1-4-27(44)43-17-16-42(18-22(43)10-14-37)29-23-11-15-41(26-9-7-8-24(33)28(26)32(34,35)36)19-25(23)38-30(39-29)45-21-31(12-13-31)20-40(5-2)6-3/h4,7-9,22H,1,5-6,10-13,15-21H2,2-3H3. The number of nitriles is 1. The van der Waals surface area contributed by atoms with Gasteiger partial charge in [-0.3, -0.25) is 4.79 Å². The highest BCUT2D eigenvalue weighted by Gasteiger charge is 2.45. The first-order valence-electron chi connectivity index (χ1n) is 15.4. The monoisotopic (exact) mass is 645 g/mol. The number of piperazine rings is 1. The molecule has 5 rings (SSSR count). The Balaban J connectivity index is 1.48. The first kappa shape index (κ1) is 32.8. The molecule has 1 unspecified atom stereocenters. The molecule has 1 amide bonds. The van der Waals surface area contributed by atoms with Crippen LogP contribution in [-0.4, -0.2) is 84.1 Å². The fraction of sp³-hybridized carbons (Fsp3) is 0.562. The molecule has 13 heteroatoms. The minimum absolute atomic E-state index is 0.00470. The van der Waals surface area contributed by atoms with Gasteiger partial charge in [0.1, 0.15) is 5.82 Å². The number of hydrogen-bond acceptors (Lipinski definition) is 8. The Hall–Kier alpha value is -3.56. The Kier molecular flexibility index (Phi) is 9.80. The average molecular weight is 646 g/mol. The molecule has 45 heavy (non-hydrogen) atoms. The maximum atomic E-state index is 14.1. The van der Waals surface area contributed by atoms with Gasteiger partial charge in [0.15, 0.2) is 0 Å². The van der Waals surface area contributed by atoms with Gasteiger partial charge in [-0.1, -0.05) is 38.1 Å². The van der Waals surface area contributed by atoms with Crippen LogP contribution < -0.4 is 14.5 Å². The fourth-order valence-electron chi connectivity index (χ4n) is 6.38. The summed E-state index contributed by atoms with van der Waals surface area (Å²) in [5, 5.41) is 9.14. The molecule has 3 heterocycles. The minimum atomic E-state index is -4.62. The van der Waals surface area contributed by atoms with Gasteiger partial charge in [-0.25, -0.2) is 0 Å². The maximum absolute atomic E-state index is 14.1. The zero-order valence-electron chi connectivity index (χ0n) is 25.7. The van der Waals surface area contributed by atoms with E-state index in [-0.39, 0.29) is 47.1 Å². The van der Waals surface area contributed by atoms with Gasteiger partial charge in [0.2, 0.25) is 5.91 Å². The summed E-state index contributed by atoms with van der Waals surface area (Å²) in [4.78, 5) is 29.9. The molecule has 1 aromatic carbocycles. The summed E-state index contributed by atoms with van der Waals surface area (Å²) in [7, 11) is 0. The van der Waals surface area contributed by atoms with Crippen LogP contribution in [0.4, 0.5) is 24.7 Å². The lowest BCUT2D eigenvalue weighted by molar-refractivity contribution is -0.137. The molecule has 0 bridgehead atoms. The van der Waals surface area contributed by atoms with Crippen molar-refractivity contribution in [3.05, 3.63) is 52.7 Å². The van der Waals surface area contributed by atoms with Crippen molar-refractivity contribution >= 4 is 29.0 Å². The van der Waals surface area contributed by atoms with E-state index in [0.717, 1.165) is 38.0 Å². The van der Waals surface area contributed by atoms with Gasteiger partial charge >= 0.3 is 12.2 Å². The number of aromatic nitrogens is 2. The molecule has 1 atom stereocenters. The van der Waals surface area contributed by atoms with Crippen LogP contribution >= 0.6 is 11.6 Å². The van der Waals surface area contributed by atoms with Crippen molar-refractivity contribution in [2.24, 2.45) is 5.41 Å². The Morgan fingerprint density at radius 3 is 2.62 bits per heavy atom. The summed E-state index contributed by atoms with van der Waals surface area (Å²) in [6.07, 6.45) is -0.748.